The molecule has 4 nitrogen and oxygen atoms in total. The van der Waals surface area contributed by atoms with Crippen LogP contribution in [0.4, 0.5) is 4.39 Å². The van der Waals surface area contributed by atoms with Gasteiger partial charge in [0, 0.05) is 11.1 Å². The Bertz CT molecular complexity index is 835. The third-order valence-corrected chi connectivity index (χ3v) is 4.40. The van der Waals surface area contributed by atoms with E-state index in [0.717, 1.165) is 16.1 Å². The molecule has 0 saturated carbocycles. The fourth-order valence-electron chi connectivity index (χ4n) is 2.03. The van der Waals surface area contributed by atoms with E-state index < -0.39 is 0 Å². The first-order valence-corrected chi connectivity index (χ1v) is 7.79. The number of aromatic nitrogens is 1. The van der Waals surface area contributed by atoms with Crippen molar-refractivity contribution >= 4 is 23.0 Å². The molecule has 3 aromatic rings. The quantitative estimate of drug-likeness (QED) is 0.551. The number of carbonyl (C=O) groups is 1. The summed E-state index contributed by atoms with van der Waals surface area (Å²) in [6, 6.07) is 13.5. The van der Waals surface area contributed by atoms with Crippen molar-refractivity contribution in [2.45, 2.75) is 6.92 Å². The van der Waals surface area contributed by atoms with Crippen LogP contribution in [0.2, 0.25) is 0 Å². The van der Waals surface area contributed by atoms with Gasteiger partial charge in [-0.25, -0.2) is 9.82 Å². The number of rotatable bonds is 4. The molecule has 3 rings (SSSR count). The Morgan fingerprint density at radius 2 is 1.96 bits per heavy atom. The van der Waals surface area contributed by atoms with Crippen molar-refractivity contribution in [1.29, 1.82) is 0 Å². The Balaban J connectivity index is 1.71. The zero-order valence-corrected chi connectivity index (χ0v) is 13.2. The number of H-pyrrole nitrogens is 1. The van der Waals surface area contributed by atoms with Crippen LogP contribution < -0.4 is 5.43 Å². The SMILES string of the molecule is C/C(=N\NC(=O)c1ccc(-c2ccc(F)cc2)s1)c1ccc[nH]1. The number of nitrogens with one attached hydrogen (secondary N) is 2. The smallest absolute Gasteiger partial charge is 0.281 e. The summed E-state index contributed by atoms with van der Waals surface area (Å²) in [4.78, 5) is 16.6. The molecule has 0 radical (unpaired) electrons. The maximum atomic E-state index is 13.0. The van der Waals surface area contributed by atoms with Gasteiger partial charge in [0.05, 0.1) is 16.3 Å². The van der Waals surface area contributed by atoms with Gasteiger partial charge in [0.25, 0.3) is 5.91 Å². The third-order valence-electron chi connectivity index (χ3n) is 3.27. The van der Waals surface area contributed by atoms with Gasteiger partial charge in [-0.1, -0.05) is 12.1 Å². The molecule has 23 heavy (non-hydrogen) atoms. The van der Waals surface area contributed by atoms with Crippen molar-refractivity contribution in [2.75, 3.05) is 0 Å². The summed E-state index contributed by atoms with van der Waals surface area (Å²) in [7, 11) is 0. The van der Waals surface area contributed by atoms with E-state index in [9.17, 15) is 9.18 Å². The summed E-state index contributed by atoms with van der Waals surface area (Å²) in [5.74, 6) is -0.549. The minimum Gasteiger partial charge on any atom is -0.360 e. The molecule has 0 aliphatic rings. The first kappa shape index (κ1) is 15.2. The molecule has 0 saturated heterocycles. The molecule has 0 aliphatic carbocycles. The number of nitrogens with zero attached hydrogens (tertiary/aromatic N) is 1. The second kappa shape index (κ2) is 6.58. The van der Waals surface area contributed by atoms with E-state index in [1.54, 1.807) is 24.4 Å². The first-order chi connectivity index (χ1) is 11.1. The summed E-state index contributed by atoms with van der Waals surface area (Å²) < 4.78 is 13.0. The van der Waals surface area contributed by atoms with Gasteiger partial charge >= 0.3 is 0 Å². The minimum absolute atomic E-state index is 0.269. The van der Waals surface area contributed by atoms with Crippen molar-refractivity contribution in [3.63, 3.8) is 0 Å². The van der Waals surface area contributed by atoms with Gasteiger partial charge < -0.3 is 4.98 Å². The molecule has 0 spiro atoms. The predicted octanol–water partition coefficient (Wildman–Crippen LogP) is 4.04. The highest BCUT2D eigenvalue weighted by molar-refractivity contribution is 7.17. The lowest BCUT2D eigenvalue weighted by Crippen LogP contribution is -2.18. The Hall–Kier alpha value is -2.73. The normalized spacial score (nSPS) is 11.5. The van der Waals surface area contributed by atoms with Crippen molar-refractivity contribution in [1.82, 2.24) is 10.4 Å². The number of hydrogen-bond acceptors (Lipinski definition) is 3. The van der Waals surface area contributed by atoms with Crippen LogP contribution in [-0.2, 0) is 0 Å². The van der Waals surface area contributed by atoms with Gasteiger partial charge in [-0.05, 0) is 48.9 Å². The molecule has 116 valence electrons. The summed E-state index contributed by atoms with van der Waals surface area (Å²) in [6.07, 6.45) is 1.80. The van der Waals surface area contributed by atoms with Gasteiger partial charge in [-0.2, -0.15) is 5.10 Å². The predicted molar refractivity (Wildman–Crippen MR) is 90.2 cm³/mol. The molecule has 2 N–H and O–H groups in total. The topological polar surface area (TPSA) is 57.2 Å². The lowest BCUT2D eigenvalue weighted by Gasteiger charge is -1.99. The number of halogens is 1. The molecule has 0 aliphatic heterocycles. The highest BCUT2D eigenvalue weighted by Crippen LogP contribution is 2.28. The fraction of sp³-hybridized carbons (Fsp3) is 0.0588. The van der Waals surface area contributed by atoms with E-state index in [4.69, 9.17) is 0 Å². The molecule has 0 fully saturated rings. The Morgan fingerprint density at radius 3 is 2.65 bits per heavy atom. The number of hydrazone groups is 1. The zero-order chi connectivity index (χ0) is 16.2. The monoisotopic (exact) mass is 327 g/mol. The van der Waals surface area contributed by atoms with Crippen LogP contribution in [-0.4, -0.2) is 16.6 Å². The van der Waals surface area contributed by atoms with Crippen molar-refractivity contribution in [2.24, 2.45) is 5.10 Å². The maximum absolute atomic E-state index is 13.0. The van der Waals surface area contributed by atoms with E-state index in [1.807, 2.05) is 25.1 Å². The van der Waals surface area contributed by atoms with Crippen LogP contribution in [0.5, 0.6) is 0 Å². The van der Waals surface area contributed by atoms with Gasteiger partial charge in [0.1, 0.15) is 5.82 Å². The number of amides is 1. The summed E-state index contributed by atoms with van der Waals surface area (Å²) in [5, 5.41) is 4.08. The first-order valence-electron chi connectivity index (χ1n) is 6.97. The highest BCUT2D eigenvalue weighted by Gasteiger charge is 2.10. The minimum atomic E-state index is -0.280. The van der Waals surface area contributed by atoms with Crippen LogP contribution >= 0.6 is 11.3 Å². The summed E-state index contributed by atoms with van der Waals surface area (Å²) >= 11 is 1.34. The van der Waals surface area contributed by atoms with Crippen molar-refractivity contribution in [3.8, 4) is 10.4 Å². The lowest BCUT2D eigenvalue weighted by atomic mass is 10.2. The Kier molecular flexibility index (Phi) is 4.34. The van der Waals surface area contributed by atoms with Crippen molar-refractivity contribution in [3.05, 3.63) is 71.1 Å². The fourth-order valence-corrected chi connectivity index (χ4v) is 2.94. The third kappa shape index (κ3) is 3.54. The van der Waals surface area contributed by atoms with E-state index >= 15 is 0 Å². The van der Waals surface area contributed by atoms with E-state index in [2.05, 4.69) is 15.5 Å². The van der Waals surface area contributed by atoms with Crippen LogP contribution in [0.15, 0.2) is 59.8 Å². The van der Waals surface area contributed by atoms with Crippen LogP contribution in [0.1, 0.15) is 22.3 Å². The Morgan fingerprint density at radius 1 is 1.17 bits per heavy atom. The van der Waals surface area contributed by atoms with Gasteiger partial charge in [0.15, 0.2) is 0 Å². The molecule has 0 atom stereocenters. The molecule has 1 aromatic carbocycles. The van der Waals surface area contributed by atoms with Crippen LogP contribution in [0.25, 0.3) is 10.4 Å². The average Bonchev–Trinajstić information content (AvgIpc) is 3.24. The molecule has 0 bridgehead atoms. The molecule has 0 unspecified atom stereocenters. The second-order valence-electron chi connectivity index (χ2n) is 4.89. The molecule has 2 heterocycles. The second-order valence-corrected chi connectivity index (χ2v) is 5.98. The van der Waals surface area contributed by atoms with Crippen LogP contribution in [0, 0.1) is 5.82 Å². The number of benzene rings is 1. The molecular weight excluding hydrogens is 313 g/mol. The summed E-state index contributed by atoms with van der Waals surface area (Å²) in [5.41, 5.74) is 4.96. The number of hydrogen-bond donors (Lipinski definition) is 2. The largest absolute Gasteiger partial charge is 0.360 e. The standard InChI is InChI=1S/C17H14FN3OS/c1-11(14-3-2-10-19-14)20-21-17(22)16-9-8-15(23-16)12-4-6-13(18)7-5-12/h2-10,19H,1H3,(H,21,22)/b20-11+. The highest BCUT2D eigenvalue weighted by atomic mass is 32.1. The van der Waals surface area contributed by atoms with E-state index in [-0.39, 0.29) is 11.7 Å². The Labute approximate surface area is 136 Å². The molecule has 2 aromatic heterocycles. The molecule has 1 amide bonds. The van der Waals surface area contributed by atoms with E-state index in [1.165, 1.54) is 23.5 Å². The van der Waals surface area contributed by atoms with E-state index in [0.29, 0.717) is 10.6 Å². The number of aromatic amines is 1. The zero-order valence-electron chi connectivity index (χ0n) is 12.3. The van der Waals surface area contributed by atoms with Crippen LogP contribution in [0.3, 0.4) is 0 Å². The molecular formula is C17H14FN3OS. The number of thiophene rings is 1. The van der Waals surface area contributed by atoms with Gasteiger partial charge in [-0.15, -0.1) is 11.3 Å². The lowest BCUT2D eigenvalue weighted by molar-refractivity contribution is 0.0959. The van der Waals surface area contributed by atoms with Gasteiger partial charge in [0.2, 0.25) is 0 Å². The maximum Gasteiger partial charge on any atom is 0.281 e. The number of carbonyl (C=O) groups excluding carboxylic acids is 1. The van der Waals surface area contributed by atoms with Crippen molar-refractivity contribution < 1.29 is 9.18 Å². The average molecular weight is 327 g/mol. The molecule has 6 heteroatoms. The van der Waals surface area contributed by atoms with Gasteiger partial charge in [-0.3, -0.25) is 4.79 Å². The summed E-state index contributed by atoms with van der Waals surface area (Å²) in [6.45, 7) is 1.81.